The smallest absolute Gasteiger partial charge is 0.251 e. The lowest BCUT2D eigenvalue weighted by atomic mass is 10.0. The fraction of sp³-hybridized carbons (Fsp3) is 0.120. The number of carbonyl (C=O) groups excluding carboxylic acids is 1. The van der Waals surface area contributed by atoms with Gasteiger partial charge in [-0.25, -0.2) is 4.39 Å². The summed E-state index contributed by atoms with van der Waals surface area (Å²) in [4.78, 5) is 14.7. The number of aromatic nitrogens is 4. The van der Waals surface area contributed by atoms with E-state index in [-0.39, 0.29) is 30.9 Å². The highest BCUT2D eigenvalue weighted by Gasteiger charge is 2.31. The summed E-state index contributed by atoms with van der Waals surface area (Å²) in [5.74, 6) is -0.0769. The highest BCUT2D eigenvalue weighted by Crippen LogP contribution is 2.36. The van der Waals surface area contributed by atoms with Gasteiger partial charge in [-0.05, 0) is 57.5 Å². The average Bonchev–Trinajstić information content (AvgIpc) is 3.35. The SMILES string of the molecule is O=C(CN1C(c2ccccc2)=C[C@H](c2ccc(Cl)cc2)n2nnnc21)NCc1ccc(F)cc1. The highest BCUT2D eigenvalue weighted by molar-refractivity contribution is 6.30. The molecule has 0 unspecified atom stereocenters. The zero-order chi connectivity index (χ0) is 23.5. The summed E-state index contributed by atoms with van der Waals surface area (Å²) in [5, 5.41) is 15.8. The summed E-state index contributed by atoms with van der Waals surface area (Å²) >= 11 is 6.08. The van der Waals surface area contributed by atoms with E-state index in [9.17, 15) is 9.18 Å². The first-order chi connectivity index (χ1) is 16.6. The molecule has 34 heavy (non-hydrogen) atoms. The Morgan fingerprint density at radius 2 is 1.74 bits per heavy atom. The van der Waals surface area contributed by atoms with Crippen LogP contribution in [0.5, 0.6) is 0 Å². The van der Waals surface area contributed by atoms with E-state index in [1.165, 1.54) is 12.1 Å². The largest absolute Gasteiger partial charge is 0.350 e. The maximum absolute atomic E-state index is 13.2. The van der Waals surface area contributed by atoms with Crippen molar-refractivity contribution in [1.82, 2.24) is 25.5 Å². The Bertz CT molecular complexity index is 1320. The number of tetrazole rings is 1. The van der Waals surface area contributed by atoms with Crippen molar-refractivity contribution in [3.63, 3.8) is 0 Å². The van der Waals surface area contributed by atoms with Crippen LogP contribution in [-0.4, -0.2) is 32.7 Å². The number of halogens is 2. The molecule has 1 N–H and O–H groups in total. The topological polar surface area (TPSA) is 75.9 Å². The van der Waals surface area contributed by atoms with Gasteiger partial charge in [-0.3, -0.25) is 9.69 Å². The van der Waals surface area contributed by atoms with Crippen LogP contribution in [0.25, 0.3) is 5.70 Å². The number of nitrogens with zero attached hydrogens (tertiary/aromatic N) is 5. The molecule has 7 nitrogen and oxygen atoms in total. The van der Waals surface area contributed by atoms with Crippen LogP contribution in [0.1, 0.15) is 22.7 Å². The predicted octanol–water partition coefficient (Wildman–Crippen LogP) is 4.23. The van der Waals surface area contributed by atoms with Crippen molar-refractivity contribution in [2.45, 2.75) is 12.6 Å². The van der Waals surface area contributed by atoms with Crippen molar-refractivity contribution >= 4 is 29.2 Å². The summed E-state index contributed by atoms with van der Waals surface area (Å²) in [7, 11) is 0. The van der Waals surface area contributed by atoms with Gasteiger partial charge in [-0.1, -0.05) is 71.3 Å². The number of hydrogen-bond acceptors (Lipinski definition) is 5. The van der Waals surface area contributed by atoms with Gasteiger partial charge in [-0.15, -0.1) is 0 Å². The first-order valence-corrected chi connectivity index (χ1v) is 11.1. The van der Waals surface area contributed by atoms with E-state index in [2.05, 4.69) is 20.8 Å². The summed E-state index contributed by atoms with van der Waals surface area (Å²) in [6, 6.07) is 23.1. The lowest BCUT2D eigenvalue weighted by molar-refractivity contribution is -0.119. The molecule has 0 spiro atoms. The van der Waals surface area contributed by atoms with Crippen LogP contribution in [0, 0.1) is 5.82 Å². The lowest BCUT2D eigenvalue weighted by Crippen LogP contribution is -2.39. The average molecular weight is 475 g/mol. The summed E-state index contributed by atoms with van der Waals surface area (Å²) < 4.78 is 14.8. The molecule has 1 aliphatic heterocycles. The molecule has 0 fully saturated rings. The molecule has 5 rings (SSSR count). The second-order valence-corrected chi connectivity index (χ2v) is 8.26. The summed E-state index contributed by atoms with van der Waals surface area (Å²) in [6.07, 6.45) is 2.04. The molecule has 0 saturated carbocycles. The zero-order valence-electron chi connectivity index (χ0n) is 18.0. The molecule has 2 heterocycles. The Morgan fingerprint density at radius 1 is 1.00 bits per heavy atom. The summed E-state index contributed by atoms with van der Waals surface area (Å²) in [5.41, 5.74) is 3.52. The number of carbonyl (C=O) groups is 1. The zero-order valence-corrected chi connectivity index (χ0v) is 18.7. The van der Waals surface area contributed by atoms with Crippen molar-refractivity contribution in [3.05, 3.63) is 112 Å². The van der Waals surface area contributed by atoms with Crippen LogP contribution in [0.4, 0.5) is 10.3 Å². The van der Waals surface area contributed by atoms with Gasteiger partial charge in [0.05, 0.1) is 5.70 Å². The quantitative estimate of drug-likeness (QED) is 0.452. The Hall–Kier alpha value is -4.04. The van der Waals surface area contributed by atoms with Crippen molar-refractivity contribution in [1.29, 1.82) is 0 Å². The molecule has 1 aliphatic rings. The second-order valence-electron chi connectivity index (χ2n) is 7.83. The van der Waals surface area contributed by atoms with Crippen LogP contribution in [-0.2, 0) is 11.3 Å². The van der Waals surface area contributed by atoms with Crippen molar-refractivity contribution < 1.29 is 9.18 Å². The molecular formula is C25H20ClFN6O. The van der Waals surface area contributed by atoms with E-state index in [0.717, 1.165) is 22.4 Å². The minimum absolute atomic E-state index is 0.00956. The minimum Gasteiger partial charge on any atom is -0.350 e. The monoisotopic (exact) mass is 474 g/mol. The number of allylic oxidation sites excluding steroid dienone is 1. The minimum atomic E-state index is -0.317. The Kier molecular flexibility index (Phi) is 6.05. The van der Waals surface area contributed by atoms with Crippen molar-refractivity contribution in [3.8, 4) is 0 Å². The van der Waals surface area contributed by atoms with E-state index >= 15 is 0 Å². The molecule has 1 atom stereocenters. The third-order valence-corrected chi connectivity index (χ3v) is 5.82. The number of hydrogen-bond donors (Lipinski definition) is 1. The van der Waals surface area contributed by atoms with Crippen LogP contribution in [0.2, 0.25) is 5.02 Å². The van der Waals surface area contributed by atoms with Gasteiger partial charge in [0.15, 0.2) is 0 Å². The number of benzene rings is 3. The van der Waals surface area contributed by atoms with E-state index in [1.54, 1.807) is 21.7 Å². The molecule has 9 heteroatoms. The second kappa shape index (κ2) is 9.44. The molecule has 0 bridgehead atoms. The first-order valence-electron chi connectivity index (χ1n) is 10.7. The third-order valence-electron chi connectivity index (χ3n) is 5.57. The van der Waals surface area contributed by atoms with Crippen molar-refractivity contribution in [2.24, 2.45) is 0 Å². The van der Waals surface area contributed by atoms with E-state index in [1.807, 2.05) is 60.7 Å². The number of fused-ring (bicyclic) bond motifs is 1. The normalized spacial score (nSPS) is 14.9. The molecule has 1 amide bonds. The number of rotatable bonds is 6. The fourth-order valence-electron chi connectivity index (χ4n) is 3.88. The molecule has 170 valence electrons. The maximum Gasteiger partial charge on any atom is 0.251 e. The summed E-state index contributed by atoms with van der Waals surface area (Å²) in [6.45, 7) is 0.297. The number of anilines is 1. The molecule has 4 aromatic rings. The van der Waals surface area contributed by atoms with Crippen molar-refractivity contribution in [2.75, 3.05) is 11.4 Å². The van der Waals surface area contributed by atoms with Gasteiger partial charge < -0.3 is 5.32 Å². The van der Waals surface area contributed by atoms with Gasteiger partial charge in [-0.2, -0.15) is 4.68 Å². The van der Waals surface area contributed by atoms with Crippen LogP contribution < -0.4 is 10.2 Å². The highest BCUT2D eigenvalue weighted by atomic mass is 35.5. The van der Waals surface area contributed by atoms with Crippen LogP contribution in [0.15, 0.2) is 84.9 Å². The Balaban J connectivity index is 1.45. The van der Waals surface area contributed by atoms with Gasteiger partial charge in [0.2, 0.25) is 5.91 Å². The fourth-order valence-corrected chi connectivity index (χ4v) is 4.01. The number of nitrogens with one attached hydrogen (secondary N) is 1. The molecule has 3 aromatic carbocycles. The van der Waals surface area contributed by atoms with Gasteiger partial charge in [0, 0.05) is 11.6 Å². The molecule has 0 saturated heterocycles. The van der Waals surface area contributed by atoms with Crippen LogP contribution in [0.3, 0.4) is 0 Å². The Morgan fingerprint density at radius 3 is 2.47 bits per heavy atom. The first kappa shape index (κ1) is 21.8. The predicted molar refractivity (Wildman–Crippen MR) is 127 cm³/mol. The third kappa shape index (κ3) is 4.53. The standard InChI is InChI=1S/C25H20ClFN6O/c26-20-10-8-19(9-11-20)23-14-22(18-4-2-1-3-5-18)32(25-29-30-31-33(23)25)16-24(34)28-15-17-6-12-21(27)13-7-17/h1-14,23H,15-16H2,(H,28,34)/t23-/m1/s1. The molecular weight excluding hydrogens is 455 g/mol. The number of amides is 1. The molecule has 1 aromatic heterocycles. The van der Waals surface area contributed by atoms with Gasteiger partial charge in [0.25, 0.3) is 5.95 Å². The molecule has 0 radical (unpaired) electrons. The van der Waals surface area contributed by atoms with E-state index in [0.29, 0.717) is 11.0 Å². The lowest BCUT2D eigenvalue weighted by Gasteiger charge is -2.32. The molecule has 0 aliphatic carbocycles. The maximum atomic E-state index is 13.2. The van der Waals surface area contributed by atoms with Gasteiger partial charge >= 0.3 is 0 Å². The van der Waals surface area contributed by atoms with Crippen LogP contribution >= 0.6 is 11.6 Å². The van der Waals surface area contributed by atoms with E-state index in [4.69, 9.17) is 11.6 Å². The Labute approximate surface area is 200 Å². The van der Waals surface area contributed by atoms with E-state index < -0.39 is 0 Å². The van der Waals surface area contributed by atoms with Gasteiger partial charge in [0.1, 0.15) is 18.4 Å².